The van der Waals surface area contributed by atoms with Crippen LogP contribution in [-0.4, -0.2) is 21.4 Å². The van der Waals surface area contributed by atoms with Crippen LogP contribution in [0.4, 0.5) is 0 Å². The standard InChI is InChI=1S/C18H23N3O/c1-12(2)17-19-16-11-21(9-8-15(16)18(22)20-17)10-14-7-5-4-6-13(14)3/h4-7,12H,8-11H2,1-3H3,(H,19,20,22). The number of hydrogen-bond donors (Lipinski definition) is 1. The zero-order valence-corrected chi connectivity index (χ0v) is 13.5. The topological polar surface area (TPSA) is 49.0 Å². The first kappa shape index (κ1) is 15.0. The van der Waals surface area contributed by atoms with Crippen molar-refractivity contribution >= 4 is 0 Å². The molecule has 22 heavy (non-hydrogen) atoms. The zero-order valence-electron chi connectivity index (χ0n) is 13.5. The van der Waals surface area contributed by atoms with Gasteiger partial charge in [0.2, 0.25) is 0 Å². The summed E-state index contributed by atoms with van der Waals surface area (Å²) in [7, 11) is 0. The van der Waals surface area contributed by atoms with Gasteiger partial charge in [-0.05, 0) is 24.5 Å². The van der Waals surface area contributed by atoms with E-state index in [0.717, 1.165) is 43.1 Å². The summed E-state index contributed by atoms with van der Waals surface area (Å²) in [6, 6.07) is 8.48. The van der Waals surface area contributed by atoms with E-state index < -0.39 is 0 Å². The van der Waals surface area contributed by atoms with Crippen LogP contribution in [0.2, 0.25) is 0 Å². The van der Waals surface area contributed by atoms with Crippen molar-refractivity contribution in [2.45, 2.75) is 46.2 Å². The van der Waals surface area contributed by atoms with Gasteiger partial charge in [0.25, 0.3) is 5.56 Å². The number of fused-ring (bicyclic) bond motifs is 1. The summed E-state index contributed by atoms with van der Waals surface area (Å²) in [5.41, 5.74) is 4.52. The van der Waals surface area contributed by atoms with Crippen molar-refractivity contribution in [2.24, 2.45) is 0 Å². The number of aryl methyl sites for hydroxylation is 1. The first-order valence-corrected chi connectivity index (χ1v) is 7.93. The van der Waals surface area contributed by atoms with Crippen molar-refractivity contribution in [3.63, 3.8) is 0 Å². The quantitative estimate of drug-likeness (QED) is 0.947. The molecule has 2 aromatic rings. The van der Waals surface area contributed by atoms with Gasteiger partial charge >= 0.3 is 0 Å². The lowest BCUT2D eigenvalue weighted by atomic mass is 10.0. The highest BCUT2D eigenvalue weighted by Crippen LogP contribution is 2.19. The van der Waals surface area contributed by atoms with Crippen LogP contribution in [0, 0.1) is 6.92 Å². The number of benzene rings is 1. The number of nitrogens with zero attached hydrogens (tertiary/aromatic N) is 2. The van der Waals surface area contributed by atoms with E-state index in [0.29, 0.717) is 0 Å². The maximum Gasteiger partial charge on any atom is 0.254 e. The third-order valence-electron chi connectivity index (χ3n) is 4.37. The predicted octanol–water partition coefficient (Wildman–Crippen LogP) is 2.76. The van der Waals surface area contributed by atoms with Gasteiger partial charge in [-0.15, -0.1) is 0 Å². The summed E-state index contributed by atoms with van der Waals surface area (Å²) in [5.74, 6) is 1.03. The number of aromatic nitrogens is 2. The molecule has 0 saturated carbocycles. The lowest BCUT2D eigenvalue weighted by Crippen LogP contribution is -2.35. The number of H-pyrrole nitrogens is 1. The summed E-state index contributed by atoms with van der Waals surface area (Å²) >= 11 is 0. The SMILES string of the molecule is Cc1ccccc1CN1CCc2c(nc(C(C)C)[nH]c2=O)C1. The van der Waals surface area contributed by atoms with Crippen LogP contribution in [0.25, 0.3) is 0 Å². The Morgan fingerprint density at radius 3 is 2.82 bits per heavy atom. The molecular formula is C18H23N3O. The Bertz CT molecular complexity index is 733. The third kappa shape index (κ3) is 2.97. The molecule has 1 aromatic carbocycles. The van der Waals surface area contributed by atoms with Crippen molar-refractivity contribution in [1.29, 1.82) is 0 Å². The molecule has 4 nitrogen and oxygen atoms in total. The van der Waals surface area contributed by atoms with Crippen molar-refractivity contribution in [2.75, 3.05) is 6.54 Å². The Hall–Kier alpha value is -1.94. The first-order chi connectivity index (χ1) is 10.5. The molecule has 0 radical (unpaired) electrons. The molecule has 2 heterocycles. The van der Waals surface area contributed by atoms with Gasteiger partial charge in [0.1, 0.15) is 5.82 Å². The highest BCUT2D eigenvalue weighted by Gasteiger charge is 2.21. The molecule has 0 aliphatic carbocycles. The Labute approximate surface area is 131 Å². The van der Waals surface area contributed by atoms with Crippen LogP contribution in [0.5, 0.6) is 0 Å². The van der Waals surface area contributed by atoms with Crippen LogP contribution in [0.15, 0.2) is 29.1 Å². The minimum atomic E-state index is 0.0456. The van der Waals surface area contributed by atoms with E-state index in [2.05, 4.69) is 54.9 Å². The molecule has 116 valence electrons. The molecule has 0 saturated heterocycles. The summed E-state index contributed by atoms with van der Waals surface area (Å²) in [6.07, 6.45) is 0.780. The van der Waals surface area contributed by atoms with E-state index >= 15 is 0 Å². The van der Waals surface area contributed by atoms with Gasteiger partial charge in [-0.25, -0.2) is 4.98 Å². The fraction of sp³-hybridized carbons (Fsp3) is 0.444. The van der Waals surface area contributed by atoms with Crippen molar-refractivity contribution in [1.82, 2.24) is 14.9 Å². The Morgan fingerprint density at radius 1 is 1.32 bits per heavy atom. The Balaban J connectivity index is 1.84. The molecule has 1 aromatic heterocycles. The van der Waals surface area contributed by atoms with Gasteiger partial charge in [0, 0.05) is 31.1 Å². The average molecular weight is 297 g/mol. The third-order valence-corrected chi connectivity index (χ3v) is 4.37. The van der Waals surface area contributed by atoms with E-state index in [-0.39, 0.29) is 11.5 Å². The largest absolute Gasteiger partial charge is 0.310 e. The van der Waals surface area contributed by atoms with E-state index in [9.17, 15) is 4.79 Å². The van der Waals surface area contributed by atoms with Gasteiger partial charge in [-0.2, -0.15) is 0 Å². The van der Waals surface area contributed by atoms with Gasteiger partial charge in [-0.3, -0.25) is 9.69 Å². The number of rotatable bonds is 3. The van der Waals surface area contributed by atoms with Gasteiger partial charge in [0.05, 0.1) is 5.69 Å². The normalized spacial score (nSPS) is 15.1. The molecule has 0 unspecified atom stereocenters. The van der Waals surface area contributed by atoms with E-state index in [4.69, 9.17) is 4.98 Å². The maximum absolute atomic E-state index is 12.2. The van der Waals surface area contributed by atoms with Crippen molar-refractivity contribution < 1.29 is 0 Å². The minimum Gasteiger partial charge on any atom is -0.310 e. The van der Waals surface area contributed by atoms with Crippen LogP contribution in [0.3, 0.4) is 0 Å². The van der Waals surface area contributed by atoms with Crippen LogP contribution in [-0.2, 0) is 19.5 Å². The maximum atomic E-state index is 12.2. The molecule has 1 aliphatic rings. The summed E-state index contributed by atoms with van der Waals surface area (Å²) in [4.78, 5) is 22.2. The lowest BCUT2D eigenvalue weighted by Gasteiger charge is -2.28. The Kier molecular flexibility index (Phi) is 4.12. The highest BCUT2D eigenvalue weighted by atomic mass is 16.1. The summed E-state index contributed by atoms with van der Waals surface area (Å²) in [6.45, 7) is 8.84. The smallest absolute Gasteiger partial charge is 0.254 e. The van der Waals surface area contributed by atoms with Crippen LogP contribution in [0.1, 0.15) is 48.0 Å². The molecule has 1 N–H and O–H groups in total. The molecule has 4 heteroatoms. The van der Waals surface area contributed by atoms with Crippen molar-refractivity contribution in [3.05, 3.63) is 62.8 Å². The number of aromatic amines is 1. The van der Waals surface area contributed by atoms with Crippen LogP contribution < -0.4 is 5.56 Å². The molecule has 0 bridgehead atoms. The zero-order chi connectivity index (χ0) is 15.7. The number of hydrogen-bond acceptors (Lipinski definition) is 3. The molecule has 3 rings (SSSR count). The van der Waals surface area contributed by atoms with E-state index in [1.165, 1.54) is 11.1 Å². The number of nitrogens with one attached hydrogen (secondary N) is 1. The molecule has 0 amide bonds. The van der Waals surface area contributed by atoms with E-state index in [1.807, 2.05) is 0 Å². The molecule has 0 atom stereocenters. The fourth-order valence-corrected chi connectivity index (χ4v) is 2.95. The lowest BCUT2D eigenvalue weighted by molar-refractivity contribution is 0.239. The second-order valence-electron chi connectivity index (χ2n) is 6.42. The van der Waals surface area contributed by atoms with Crippen molar-refractivity contribution in [3.8, 4) is 0 Å². The predicted molar refractivity (Wildman–Crippen MR) is 87.9 cm³/mol. The molecule has 1 aliphatic heterocycles. The van der Waals surface area contributed by atoms with Gasteiger partial charge < -0.3 is 4.98 Å². The highest BCUT2D eigenvalue weighted by molar-refractivity contribution is 5.27. The van der Waals surface area contributed by atoms with E-state index in [1.54, 1.807) is 0 Å². The fourth-order valence-electron chi connectivity index (χ4n) is 2.95. The summed E-state index contributed by atoms with van der Waals surface area (Å²) in [5, 5.41) is 0. The molecule has 0 fully saturated rings. The Morgan fingerprint density at radius 2 is 2.09 bits per heavy atom. The minimum absolute atomic E-state index is 0.0456. The van der Waals surface area contributed by atoms with Gasteiger partial charge in [-0.1, -0.05) is 38.1 Å². The van der Waals surface area contributed by atoms with Gasteiger partial charge in [0.15, 0.2) is 0 Å². The molecular weight excluding hydrogens is 274 g/mol. The van der Waals surface area contributed by atoms with Crippen LogP contribution >= 0.6 is 0 Å². The monoisotopic (exact) mass is 297 g/mol. The second-order valence-corrected chi connectivity index (χ2v) is 6.42. The summed E-state index contributed by atoms with van der Waals surface area (Å²) < 4.78 is 0. The second kappa shape index (κ2) is 6.05. The molecule has 0 spiro atoms. The average Bonchev–Trinajstić information content (AvgIpc) is 2.49. The first-order valence-electron chi connectivity index (χ1n) is 7.93.